The van der Waals surface area contributed by atoms with Gasteiger partial charge in [0, 0.05) is 0 Å². The quantitative estimate of drug-likeness (QED) is 0.549. The van der Waals surface area contributed by atoms with E-state index in [9.17, 15) is 14.0 Å². The second-order valence-electron chi connectivity index (χ2n) is 5.83. The lowest BCUT2D eigenvalue weighted by atomic mass is 10.2. The Kier molecular flexibility index (Phi) is 6.38. The van der Waals surface area contributed by atoms with Gasteiger partial charge in [-0.3, -0.25) is 9.59 Å². The van der Waals surface area contributed by atoms with E-state index in [0.29, 0.717) is 5.75 Å². The molecule has 1 fully saturated rings. The van der Waals surface area contributed by atoms with E-state index in [0.717, 1.165) is 22.9 Å². The topological polar surface area (TPSA) is 100 Å². The fourth-order valence-electron chi connectivity index (χ4n) is 2.37. The molecule has 28 heavy (non-hydrogen) atoms. The number of amides is 1. The summed E-state index contributed by atoms with van der Waals surface area (Å²) < 4.78 is 18.8. The van der Waals surface area contributed by atoms with Crippen LogP contribution in [0.4, 0.5) is 4.39 Å². The van der Waals surface area contributed by atoms with E-state index in [4.69, 9.17) is 9.84 Å². The number of carbonyl (C=O) groups is 2. The molecule has 144 valence electrons. The number of benzene rings is 2. The van der Waals surface area contributed by atoms with Crippen molar-refractivity contribution in [2.45, 2.75) is 18.3 Å². The van der Waals surface area contributed by atoms with Crippen LogP contribution in [-0.4, -0.2) is 33.6 Å². The number of nitrogens with one attached hydrogen (secondary N) is 1. The Hall–Kier alpha value is -3.20. The highest BCUT2D eigenvalue weighted by Gasteiger charge is 2.32. The van der Waals surface area contributed by atoms with Crippen molar-refractivity contribution in [3.05, 3.63) is 65.5 Å². The first-order valence-electron chi connectivity index (χ1n) is 8.27. The number of carboxylic acid groups (broad SMARTS) is 1. The third kappa shape index (κ3) is 5.65. The molecule has 7 nitrogen and oxygen atoms in total. The van der Waals surface area contributed by atoms with Gasteiger partial charge in [-0.05, 0) is 35.4 Å². The van der Waals surface area contributed by atoms with Crippen molar-refractivity contribution < 1.29 is 23.8 Å². The average Bonchev–Trinajstić information content (AvgIpc) is 2.99. The molecule has 2 N–H and O–H groups in total. The van der Waals surface area contributed by atoms with Gasteiger partial charge in [-0.15, -0.1) is 5.10 Å². The number of thioether (sulfide) groups is 1. The van der Waals surface area contributed by atoms with Crippen molar-refractivity contribution in [3.8, 4) is 5.75 Å². The molecular weight excluding hydrogens is 385 g/mol. The number of carbonyl (C=O) groups excluding carboxylic acids is 1. The molecule has 0 saturated carbocycles. The van der Waals surface area contributed by atoms with Crippen molar-refractivity contribution in [1.82, 2.24) is 5.32 Å². The van der Waals surface area contributed by atoms with Crippen LogP contribution in [0.1, 0.15) is 17.5 Å². The molecule has 1 unspecified atom stereocenters. The number of hydrogen-bond acceptors (Lipinski definition) is 6. The van der Waals surface area contributed by atoms with Crippen LogP contribution in [-0.2, 0) is 16.2 Å². The van der Waals surface area contributed by atoms with E-state index in [1.54, 1.807) is 36.4 Å². The molecule has 1 amide bonds. The normalized spacial score (nSPS) is 17.8. The molecule has 0 aromatic heterocycles. The van der Waals surface area contributed by atoms with Crippen LogP contribution in [0.5, 0.6) is 5.75 Å². The van der Waals surface area contributed by atoms with E-state index in [-0.39, 0.29) is 24.0 Å². The Morgan fingerprint density at radius 2 is 2.11 bits per heavy atom. The predicted molar refractivity (Wildman–Crippen MR) is 104 cm³/mol. The fourth-order valence-corrected chi connectivity index (χ4v) is 3.29. The molecular formula is C19H16FN3O4S. The SMILES string of the molecule is O=C(O)CC1SC(=NN=Cc2cccc(OCc3cccc(F)c3)c2)NC1=O. The van der Waals surface area contributed by atoms with E-state index in [1.165, 1.54) is 18.3 Å². The minimum Gasteiger partial charge on any atom is -0.489 e. The van der Waals surface area contributed by atoms with E-state index < -0.39 is 17.1 Å². The molecule has 1 atom stereocenters. The Bertz CT molecular complexity index is 948. The van der Waals surface area contributed by atoms with Crippen LogP contribution in [0.25, 0.3) is 0 Å². The van der Waals surface area contributed by atoms with E-state index in [1.807, 2.05) is 0 Å². The van der Waals surface area contributed by atoms with Crippen molar-refractivity contribution in [2.75, 3.05) is 0 Å². The van der Waals surface area contributed by atoms with Gasteiger partial charge >= 0.3 is 5.97 Å². The molecule has 1 heterocycles. The van der Waals surface area contributed by atoms with Crippen molar-refractivity contribution in [1.29, 1.82) is 0 Å². The molecule has 0 bridgehead atoms. The first kappa shape index (κ1) is 19.6. The number of halogens is 1. The third-order valence-corrected chi connectivity index (χ3v) is 4.72. The molecule has 1 aliphatic rings. The molecule has 0 aliphatic carbocycles. The highest BCUT2D eigenvalue weighted by molar-refractivity contribution is 8.15. The van der Waals surface area contributed by atoms with Crippen LogP contribution in [0.15, 0.2) is 58.7 Å². The molecule has 2 aromatic carbocycles. The number of ether oxygens (including phenoxy) is 1. The first-order valence-corrected chi connectivity index (χ1v) is 9.15. The Balaban J connectivity index is 1.58. The van der Waals surface area contributed by atoms with Gasteiger partial charge in [-0.2, -0.15) is 5.10 Å². The fraction of sp³-hybridized carbons (Fsp3) is 0.158. The molecule has 2 aromatic rings. The standard InChI is InChI=1S/C19H16FN3O4S/c20-14-5-1-4-13(7-14)11-27-15-6-2-3-12(8-15)10-21-23-19-22-18(26)16(28-19)9-17(24)25/h1-8,10,16H,9,11H2,(H,24,25)(H,22,23,26). The second kappa shape index (κ2) is 9.14. The summed E-state index contributed by atoms with van der Waals surface area (Å²) in [5.74, 6) is -1.17. The summed E-state index contributed by atoms with van der Waals surface area (Å²) in [5, 5.41) is 18.6. The Labute approximate surface area is 164 Å². The van der Waals surface area contributed by atoms with Crippen LogP contribution >= 0.6 is 11.8 Å². The van der Waals surface area contributed by atoms with Crippen LogP contribution in [0.2, 0.25) is 0 Å². The Morgan fingerprint density at radius 1 is 1.29 bits per heavy atom. The van der Waals surface area contributed by atoms with Gasteiger partial charge in [0.2, 0.25) is 5.91 Å². The summed E-state index contributed by atoms with van der Waals surface area (Å²) in [6, 6.07) is 13.3. The monoisotopic (exact) mass is 401 g/mol. The lowest BCUT2D eigenvalue weighted by Gasteiger charge is -2.06. The maximum Gasteiger partial charge on any atom is 0.305 e. The molecule has 1 saturated heterocycles. The number of amidine groups is 1. The van der Waals surface area contributed by atoms with E-state index >= 15 is 0 Å². The maximum absolute atomic E-state index is 13.2. The maximum atomic E-state index is 13.2. The van der Waals surface area contributed by atoms with Gasteiger partial charge in [0.05, 0.1) is 12.6 Å². The highest BCUT2D eigenvalue weighted by atomic mass is 32.2. The first-order chi connectivity index (χ1) is 13.5. The minimum atomic E-state index is -1.05. The summed E-state index contributed by atoms with van der Waals surface area (Å²) in [4.78, 5) is 22.3. The molecule has 0 spiro atoms. The summed E-state index contributed by atoms with van der Waals surface area (Å²) in [7, 11) is 0. The van der Waals surface area contributed by atoms with Gasteiger partial charge in [0.1, 0.15) is 23.4 Å². The van der Waals surface area contributed by atoms with Crippen LogP contribution in [0.3, 0.4) is 0 Å². The zero-order valence-electron chi connectivity index (χ0n) is 14.5. The molecule has 9 heteroatoms. The number of aliphatic carboxylic acids is 1. The van der Waals surface area contributed by atoms with Gasteiger partial charge in [-0.1, -0.05) is 36.0 Å². The van der Waals surface area contributed by atoms with Crippen molar-refractivity contribution in [2.24, 2.45) is 10.2 Å². The lowest BCUT2D eigenvalue weighted by molar-refractivity contribution is -0.138. The molecule has 1 aliphatic heterocycles. The Morgan fingerprint density at radius 3 is 2.89 bits per heavy atom. The van der Waals surface area contributed by atoms with E-state index in [2.05, 4.69) is 15.5 Å². The lowest BCUT2D eigenvalue weighted by Crippen LogP contribution is -2.26. The third-order valence-electron chi connectivity index (χ3n) is 3.64. The van der Waals surface area contributed by atoms with Gasteiger partial charge in [0.25, 0.3) is 0 Å². The number of nitrogens with zero attached hydrogens (tertiary/aromatic N) is 2. The minimum absolute atomic E-state index is 0.230. The van der Waals surface area contributed by atoms with Crippen LogP contribution in [0, 0.1) is 5.82 Å². The zero-order chi connectivity index (χ0) is 19.9. The van der Waals surface area contributed by atoms with Crippen LogP contribution < -0.4 is 10.1 Å². The predicted octanol–water partition coefficient (Wildman–Crippen LogP) is 2.80. The van der Waals surface area contributed by atoms with Crippen molar-refractivity contribution in [3.63, 3.8) is 0 Å². The summed E-state index contributed by atoms with van der Waals surface area (Å²) in [6.45, 7) is 0.230. The molecule has 3 rings (SSSR count). The summed E-state index contributed by atoms with van der Waals surface area (Å²) in [6.07, 6.45) is 1.21. The number of rotatable bonds is 7. The largest absolute Gasteiger partial charge is 0.489 e. The van der Waals surface area contributed by atoms with Gasteiger partial charge in [0.15, 0.2) is 5.17 Å². The smallest absolute Gasteiger partial charge is 0.305 e. The second-order valence-corrected chi connectivity index (χ2v) is 7.03. The summed E-state index contributed by atoms with van der Waals surface area (Å²) in [5.41, 5.74) is 1.44. The summed E-state index contributed by atoms with van der Waals surface area (Å²) >= 11 is 1.03. The van der Waals surface area contributed by atoms with Gasteiger partial charge in [-0.25, -0.2) is 4.39 Å². The van der Waals surface area contributed by atoms with Gasteiger partial charge < -0.3 is 15.2 Å². The average molecular weight is 401 g/mol. The number of carboxylic acids is 1. The molecule has 0 radical (unpaired) electrons. The highest BCUT2D eigenvalue weighted by Crippen LogP contribution is 2.22. The number of hydrogen-bond donors (Lipinski definition) is 2. The zero-order valence-corrected chi connectivity index (χ0v) is 15.4. The van der Waals surface area contributed by atoms with Crippen molar-refractivity contribution >= 4 is 35.0 Å².